The van der Waals surface area contributed by atoms with Crippen LogP contribution >= 0.6 is 0 Å². The summed E-state index contributed by atoms with van der Waals surface area (Å²) in [5, 5.41) is 2.73. The molecule has 0 saturated heterocycles. The Bertz CT molecular complexity index is 644. The molecular formula is C16H17FN2O2. The fourth-order valence-corrected chi connectivity index (χ4v) is 1.88. The second kappa shape index (κ2) is 6.85. The molecule has 0 heterocycles. The third-order valence-corrected chi connectivity index (χ3v) is 2.97. The van der Waals surface area contributed by atoms with Crippen molar-refractivity contribution in [2.24, 2.45) is 0 Å². The number of amides is 1. The maximum atomic E-state index is 13.4. The molecular weight excluding hydrogens is 271 g/mol. The highest BCUT2D eigenvalue weighted by Crippen LogP contribution is 2.17. The van der Waals surface area contributed by atoms with E-state index >= 15 is 0 Å². The van der Waals surface area contributed by atoms with Crippen molar-refractivity contribution in [1.82, 2.24) is 0 Å². The van der Waals surface area contributed by atoms with Crippen LogP contribution in [0.1, 0.15) is 11.1 Å². The number of carbonyl (C=O) groups is 1. The lowest BCUT2D eigenvalue weighted by Gasteiger charge is -2.09. The van der Waals surface area contributed by atoms with Crippen molar-refractivity contribution in [3.63, 3.8) is 0 Å². The molecule has 0 radical (unpaired) electrons. The molecule has 0 atom stereocenters. The van der Waals surface area contributed by atoms with E-state index in [1.165, 1.54) is 6.07 Å². The highest BCUT2D eigenvalue weighted by atomic mass is 19.1. The Morgan fingerprint density at radius 3 is 2.76 bits per heavy atom. The van der Waals surface area contributed by atoms with Crippen molar-refractivity contribution in [3.05, 3.63) is 59.4 Å². The summed E-state index contributed by atoms with van der Waals surface area (Å²) in [5.74, 6) is -0.633. The van der Waals surface area contributed by atoms with Gasteiger partial charge in [0.25, 0.3) is 0 Å². The van der Waals surface area contributed by atoms with Gasteiger partial charge in [-0.1, -0.05) is 18.2 Å². The molecule has 0 aliphatic heterocycles. The van der Waals surface area contributed by atoms with E-state index in [4.69, 9.17) is 10.5 Å². The lowest BCUT2D eigenvalue weighted by Crippen LogP contribution is -2.19. The fraction of sp³-hybridized carbons (Fsp3) is 0.188. The van der Waals surface area contributed by atoms with Gasteiger partial charge in [0.2, 0.25) is 5.91 Å². The van der Waals surface area contributed by atoms with Crippen molar-refractivity contribution >= 4 is 17.3 Å². The quantitative estimate of drug-likeness (QED) is 0.831. The fourth-order valence-electron chi connectivity index (χ4n) is 1.88. The minimum atomic E-state index is -0.340. The van der Waals surface area contributed by atoms with E-state index in [0.717, 1.165) is 5.56 Å². The van der Waals surface area contributed by atoms with Gasteiger partial charge < -0.3 is 15.8 Å². The van der Waals surface area contributed by atoms with Crippen molar-refractivity contribution in [2.45, 2.75) is 13.5 Å². The zero-order chi connectivity index (χ0) is 15.2. The van der Waals surface area contributed by atoms with Crippen LogP contribution in [0.2, 0.25) is 0 Å². The van der Waals surface area contributed by atoms with E-state index in [9.17, 15) is 9.18 Å². The Morgan fingerprint density at radius 2 is 2.05 bits per heavy atom. The summed E-state index contributed by atoms with van der Waals surface area (Å²) < 4.78 is 18.6. The van der Waals surface area contributed by atoms with Gasteiger partial charge in [0.15, 0.2) is 0 Å². The Hall–Kier alpha value is -2.40. The van der Waals surface area contributed by atoms with Crippen molar-refractivity contribution < 1.29 is 13.9 Å². The van der Waals surface area contributed by atoms with Gasteiger partial charge in [-0.15, -0.1) is 0 Å². The monoisotopic (exact) mass is 288 g/mol. The van der Waals surface area contributed by atoms with Gasteiger partial charge in [-0.2, -0.15) is 0 Å². The number of halogens is 1. The first-order valence-electron chi connectivity index (χ1n) is 6.53. The van der Waals surface area contributed by atoms with Crippen molar-refractivity contribution in [3.8, 4) is 0 Å². The second-order valence-corrected chi connectivity index (χ2v) is 4.71. The summed E-state index contributed by atoms with van der Waals surface area (Å²) in [7, 11) is 0. The zero-order valence-electron chi connectivity index (χ0n) is 11.7. The molecule has 0 spiro atoms. The van der Waals surface area contributed by atoms with Crippen LogP contribution in [0.5, 0.6) is 0 Å². The molecule has 2 aromatic carbocycles. The van der Waals surface area contributed by atoms with Crippen LogP contribution < -0.4 is 11.1 Å². The lowest BCUT2D eigenvalue weighted by molar-refractivity contribution is -0.121. The van der Waals surface area contributed by atoms with Crippen LogP contribution in [0.25, 0.3) is 0 Å². The van der Waals surface area contributed by atoms with E-state index in [2.05, 4.69) is 5.32 Å². The highest BCUT2D eigenvalue weighted by molar-refractivity contribution is 5.92. The smallest absolute Gasteiger partial charge is 0.250 e. The summed E-state index contributed by atoms with van der Waals surface area (Å²) >= 11 is 0. The lowest BCUT2D eigenvalue weighted by atomic mass is 10.2. The van der Waals surface area contributed by atoms with Gasteiger partial charge in [-0.05, 0) is 36.8 Å². The molecule has 2 rings (SSSR count). The third-order valence-electron chi connectivity index (χ3n) is 2.97. The normalized spacial score (nSPS) is 10.4. The number of aryl methyl sites for hydroxylation is 1. The van der Waals surface area contributed by atoms with Crippen LogP contribution in [-0.2, 0) is 16.1 Å². The van der Waals surface area contributed by atoms with Crippen LogP contribution in [0.4, 0.5) is 15.8 Å². The van der Waals surface area contributed by atoms with Gasteiger partial charge in [0, 0.05) is 16.9 Å². The summed E-state index contributed by atoms with van der Waals surface area (Å²) in [5.41, 5.74) is 8.27. The molecule has 3 N–H and O–H groups in total. The number of anilines is 2. The van der Waals surface area contributed by atoms with Gasteiger partial charge in [-0.3, -0.25) is 4.79 Å². The largest absolute Gasteiger partial charge is 0.399 e. The Morgan fingerprint density at radius 1 is 1.29 bits per heavy atom. The van der Waals surface area contributed by atoms with Gasteiger partial charge >= 0.3 is 0 Å². The number of ether oxygens (including phenoxy) is 1. The highest BCUT2D eigenvalue weighted by Gasteiger charge is 2.06. The summed E-state index contributed by atoms with van der Waals surface area (Å²) in [4.78, 5) is 11.8. The van der Waals surface area contributed by atoms with Crippen LogP contribution in [0, 0.1) is 12.7 Å². The maximum Gasteiger partial charge on any atom is 0.250 e. The summed E-state index contributed by atoms with van der Waals surface area (Å²) in [6.45, 7) is 1.77. The first kappa shape index (κ1) is 15.0. The van der Waals surface area contributed by atoms with Crippen LogP contribution in [0.15, 0.2) is 42.5 Å². The number of nitrogens with two attached hydrogens (primary N) is 1. The number of nitrogen functional groups attached to an aromatic ring is 1. The molecule has 0 aliphatic carbocycles. The SMILES string of the molecule is Cc1cc(N)ccc1NC(=O)COCc1ccccc1F. The van der Waals surface area contributed by atoms with E-state index in [1.54, 1.807) is 36.4 Å². The van der Waals surface area contributed by atoms with Gasteiger partial charge in [-0.25, -0.2) is 4.39 Å². The molecule has 21 heavy (non-hydrogen) atoms. The van der Waals surface area contributed by atoms with E-state index < -0.39 is 0 Å². The zero-order valence-corrected chi connectivity index (χ0v) is 11.7. The molecule has 0 aromatic heterocycles. The molecule has 1 amide bonds. The maximum absolute atomic E-state index is 13.4. The first-order chi connectivity index (χ1) is 10.1. The Kier molecular flexibility index (Phi) is 4.90. The molecule has 5 heteroatoms. The van der Waals surface area contributed by atoms with Crippen molar-refractivity contribution in [1.29, 1.82) is 0 Å². The number of hydrogen-bond acceptors (Lipinski definition) is 3. The van der Waals surface area contributed by atoms with Crippen LogP contribution in [0.3, 0.4) is 0 Å². The second-order valence-electron chi connectivity index (χ2n) is 4.71. The summed E-state index contributed by atoms with van der Waals surface area (Å²) in [6.07, 6.45) is 0. The van der Waals surface area contributed by atoms with E-state index in [1.807, 2.05) is 6.92 Å². The molecule has 4 nitrogen and oxygen atoms in total. The number of nitrogens with one attached hydrogen (secondary N) is 1. The Balaban J connectivity index is 1.84. The number of benzene rings is 2. The molecule has 0 aliphatic rings. The first-order valence-corrected chi connectivity index (χ1v) is 6.53. The molecule has 2 aromatic rings. The molecule has 0 unspecified atom stereocenters. The van der Waals surface area contributed by atoms with Crippen LogP contribution in [-0.4, -0.2) is 12.5 Å². The molecule has 0 bridgehead atoms. The molecule has 0 fully saturated rings. The van der Waals surface area contributed by atoms with E-state index in [-0.39, 0.29) is 24.9 Å². The summed E-state index contributed by atoms with van der Waals surface area (Å²) in [6, 6.07) is 11.5. The average molecular weight is 288 g/mol. The molecule has 110 valence electrons. The topological polar surface area (TPSA) is 64.3 Å². The number of hydrogen-bond donors (Lipinski definition) is 2. The molecule has 0 saturated carbocycles. The average Bonchev–Trinajstić information content (AvgIpc) is 2.44. The number of rotatable bonds is 5. The standard InChI is InChI=1S/C16H17FN2O2/c1-11-8-13(18)6-7-15(11)19-16(20)10-21-9-12-4-2-3-5-14(12)17/h2-8H,9-10,18H2,1H3,(H,19,20). The van der Waals surface area contributed by atoms with E-state index in [0.29, 0.717) is 16.9 Å². The third kappa shape index (κ3) is 4.29. The number of carbonyl (C=O) groups excluding carboxylic acids is 1. The van der Waals surface area contributed by atoms with Gasteiger partial charge in [0.05, 0.1) is 6.61 Å². The minimum Gasteiger partial charge on any atom is -0.399 e. The minimum absolute atomic E-state index is 0.0564. The predicted molar refractivity (Wildman–Crippen MR) is 80.3 cm³/mol. The predicted octanol–water partition coefficient (Wildman–Crippen LogP) is 2.87. The Labute approximate surface area is 122 Å². The van der Waals surface area contributed by atoms with Gasteiger partial charge in [0.1, 0.15) is 12.4 Å². The van der Waals surface area contributed by atoms with Crippen molar-refractivity contribution in [2.75, 3.05) is 17.7 Å².